The number of hydrogen-bond donors (Lipinski definition) is 2. The topological polar surface area (TPSA) is 83.8 Å². The van der Waals surface area contributed by atoms with Crippen molar-refractivity contribution in [3.63, 3.8) is 0 Å². The highest BCUT2D eigenvalue weighted by atomic mass is 31.2. The summed E-state index contributed by atoms with van der Waals surface area (Å²) in [6.07, 6.45) is 11.4. The van der Waals surface area contributed by atoms with Crippen LogP contribution in [0.25, 0.3) is 0 Å². The Balaban J connectivity index is 1.55. The van der Waals surface area contributed by atoms with E-state index in [1.165, 1.54) is 0 Å². The third-order valence-corrected chi connectivity index (χ3v) is 14.4. The lowest BCUT2D eigenvalue weighted by atomic mass is 9.33. The zero-order chi connectivity index (χ0) is 27.4. The lowest BCUT2D eigenvalue weighted by Gasteiger charge is -2.71. The lowest BCUT2D eigenvalue weighted by molar-refractivity contribution is -0.202. The molecule has 0 amide bonds. The van der Waals surface area contributed by atoms with Gasteiger partial charge in [0.05, 0.1) is 6.10 Å². The molecule has 5 rings (SSSR count). The van der Waals surface area contributed by atoms with Gasteiger partial charge < -0.3 is 9.79 Å². The molecule has 0 radical (unpaired) electrons. The van der Waals surface area contributed by atoms with E-state index in [4.69, 9.17) is 4.52 Å². The number of hydrogen-bond acceptors (Lipinski definition) is 3. The highest BCUT2D eigenvalue weighted by molar-refractivity contribution is 7.46. The van der Waals surface area contributed by atoms with Gasteiger partial charge in [-0.3, -0.25) is 9.32 Å². The van der Waals surface area contributed by atoms with Gasteiger partial charge in [0.25, 0.3) is 0 Å². The molecule has 2 N–H and O–H groups in total. The Bertz CT molecular complexity index is 1040. The van der Waals surface area contributed by atoms with Crippen LogP contribution in [0.15, 0.2) is 11.6 Å². The largest absolute Gasteiger partial charge is 0.469 e. The first-order valence-electron chi connectivity index (χ1n) is 14.9. The van der Waals surface area contributed by atoms with Gasteiger partial charge in [-0.1, -0.05) is 60.1 Å². The molecule has 210 valence electrons. The number of ketones is 1. The Hall–Kier alpha value is -0.480. The van der Waals surface area contributed by atoms with Gasteiger partial charge in [0.2, 0.25) is 0 Å². The lowest BCUT2D eigenvalue weighted by Crippen LogP contribution is -2.65. The fourth-order valence-corrected chi connectivity index (χ4v) is 12.1. The van der Waals surface area contributed by atoms with E-state index in [0.29, 0.717) is 41.8 Å². The first kappa shape index (κ1) is 28.1. The van der Waals surface area contributed by atoms with Crippen molar-refractivity contribution in [3.05, 3.63) is 11.6 Å². The van der Waals surface area contributed by atoms with Gasteiger partial charge in [-0.05, 0) is 116 Å². The summed E-state index contributed by atoms with van der Waals surface area (Å²) in [5.41, 5.74) is 1.45. The van der Waals surface area contributed by atoms with Crippen LogP contribution in [0.4, 0.5) is 0 Å². The molecule has 0 aromatic heterocycles. The highest BCUT2D eigenvalue weighted by Gasteiger charge is 2.69. The summed E-state index contributed by atoms with van der Waals surface area (Å²) in [4.78, 5) is 32.5. The van der Waals surface area contributed by atoms with Crippen LogP contribution in [-0.4, -0.2) is 21.7 Å². The van der Waals surface area contributed by atoms with Crippen LogP contribution in [0.3, 0.4) is 0 Å². The van der Waals surface area contributed by atoms with Gasteiger partial charge in [-0.2, -0.15) is 0 Å². The number of carbonyl (C=O) groups is 1. The summed E-state index contributed by atoms with van der Waals surface area (Å²) in [6, 6.07) is 0. The smallest absolute Gasteiger partial charge is 0.303 e. The van der Waals surface area contributed by atoms with Gasteiger partial charge in [0.15, 0.2) is 0 Å². The molecule has 0 aliphatic heterocycles. The van der Waals surface area contributed by atoms with Crippen LogP contribution in [-0.2, 0) is 13.9 Å². The van der Waals surface area contributed by atoms with Crippen LogP contribution in [0.2, 0.25) is 0 Å². The monoisotopic (exact) mass is 534 g/mol. The summed E-state index contributed by atoms with van der Waals surface area (Å²) in [6.45, 7) is 18.6. The van der Waals surface area contributed by atoms with Crippen LogP contribution in [0.5, 0.6) is 0 Å². The van der Waals surface area contributed by atoms with E-state index in [9.17, 15) is 19.1 Å². The standard InChI is InChI=1S/C31H51O5P/c1-19-11-16-31(21(3)32)18-17-29(7)22(26(31)20(19)2)9-10-24-28(6)14-13-25(36-37(33,34)35)27(4,5)23(28)12-15-30(24,29)8/h9,19-20,23-26H,10-18H2,1-8H3,(H2,33,34,35)/t19-,20+,23+,24-,25?,26+,28+,29-,30-,31-/m1/s1. The second kappa shape index (κ2) is 8.51. The first-order valence-corrected chi connectivity index (χ1v) is 16.4. The van der Waals surface area contributed by atoms with Crippen LogP contribution < -0.4 is 0 Å². The summed E-state index contributed by atoms with van der Waals surface area (Å²) in [5.74, 6) is 2.81. The highest BCUT2D eigenvalue weighted by Crippen LogP contribution is 2.76. The number of carbonyl (C=O) groups excluding carboxylic acids is 1. The van der Waals surface area contributed by atoms with Gasteiger partial charge in [-0.15, -0.1) is 0 Å². The molecular formula is C31H51O5P. The third-order valence-electron chi connectivity index (χ3n) is 13.9. The zero-order valence-electron chi connectivity index (χ0n) is 24.5. The summed E-state index contributed by atoms with van der Waals surface area (Å²) in [5, 5.41) is 0. The van der Waals surface area contributed by atoms with Crippen molar-refractivity contribution in [1.29, 1.82) is 0 Å². The minimum Gasteiger partial charge on any atom is -0.303 e. The maximum atomic E-state index is 13.3. The number of fused-ring (bicyclic) bond motifs is 7. The maximum Gasteiger partial charge on any atom is 0.469 e. The van der Waals surface area contributed by atoms with E-state index in [1.54, 1.807) is 5.57 Å². The van der Waals surface area contributed by atoms with Gasteiger partial charge >= 0.3 is 7.82 Å². The molecule has 4 fully saturated rings. The number of phosphoric acid groups is 1. The fraction of sp³-hybridized carbons (Fsp3) is 0.903. The molecule has 37 heavy (non-hydrogen) atoms. The van der Waals surface area contributed by atoms with Crippen molar-refractivity contribution >= 4 is 13.6 Å². The predicted octanol–water partition coefficient (Wildman–Crippen LogP) is 7.71. The number of allylic oxidation sites excluding steroid dienone is 2. The molecule has 5 nitrogen and oxygen atoms in total. The van der Waals surface area contributed by atoms with Crippen molar-refractivity contribution in [3.8, 4) is 0 Å². The second-order valence-electron chi connectivity index (χ2n) is 15.3. The Kier molecular flexibility index (Phi) is 6.46. The minimum atomic E-state index is -4.53. The van der Waals surface area contributed by atoms with E-state index in [0.717, 1.165) is 51.4 Å². The van der Waals surface area contributed by atoms with Crippen molar-refractivity contribution in [1.82, 2.24) is 0 Å². The number of Topliss-reactive ketones (excluding diaryl/α,β-unsaturated/α-hetero) is 1. The molecule has 0 spiro atoms. The molecule has 5 aliphatic carbocycles. The molecular weight excluding hydrogens is 483 g/mol. The number of phosphoric ester groups is 1. The fourth-order valence-electron chi connectivity index (χ4n) is 11.4. The van der Waals surface area contributed by atoms with E-state index in [1.807, 2.05) is 6.92 Å². The Morgan fingerprint density at radius 3 is 2.24 bits per heavy atom. The molecule has 0 heterocycles. The Morgan fingerprint density at radius 1 is 0.946 bits per heavy atom. The van der Waals surface area contributed by atoms with Gasteiger partial charge in [0, 0.05) is 5.41 Å². The Labute approximate surface area is 224 Å². The first-order chi connectivity index (χ1) is 16.9. The van der Waals surface area contributed by atoms with Gasteiger partial charge in [0.1, 0.15) is 5.78 Å². The quantitative estimate of drug-likeness (QED) is 0.286. The van der Waals surface area contributed by atoms with Gasteiger partial charge in [-0.25, -0.2) is 4.57 Å². The molecule has 0 bridgehead atoms. The molecule has 0 aromatic rings. The maximum absolute atomic E-state index is 13.3. The normalized spacial score (nSPS) is 51.1. The van der Waals surface area contributed by atoms with Crippen LogP contribution in [0, 0.1) is 56.7 Å². The molecule has 0 aromatic carbocycles. The molecule has 5 aliphatic rings. The van der Waals surface area contributed by atoms with Crippen LogP contribution in [0.1, 0.15) is 113 Å². The molecule has 0 saturated heterocycles. The van der Waals surface area contributed by atoms with Crippen molar-refractivity contribution in [2.24, 2.45) is 56.7 Å². The van der Waals surface area contributed by atoms with E-state index < -0.39 is 13.9 Å². The SMILES string of the molecule is CC(=O)[C@]12CC[C@@H](C)[C@H](C)[C@H]1C1=CC[C@@H]3[C@@]4(C)CCC(OP(=O)(O)O)C(C)(C)[C@@H]4CC[C@@]3(C)[C@]1(C)CC2. The third kappa shape index (κ3) is 3.72. The predicted molar refractivity (Wildman–Crippen MR) is 147 cm³/mol. The van der Waals surface area contributed by atoms with Crippen molar-refractivity contribution in [2.75, 3.05) is 0 Å². The minimum absolute atomic E-state index is 0.0855. The molecule has 1 unspecified atom stereocenters. The number of rotatable bonds is 3. The second-order valence-corrected chi connectivity index (χ2v) is 16.5. The van der Waals surface area contributed by atoms with E-state index in [-0.39, 0.29) is 27.1 Å². The summed E-state index contributed by atoms with van der Waals surface area (Å²) >= 11 is 0. The summed E-state index contributed by atoms with van der Waals surface area (Å²) in [7, 11) is -4.53. The summed E-state index contributed by atoms with van der Waals surface area (Å²) < 4.78 is 17.2. The van der Waals surface area contributed by atoms with Crippen molar-refractivity contribution in [2.45, 2.75) is 119 Å². The van der Waals surface area contributed by atoms with E-state index in [2.05, 4.69) is 54.5 Å². The molecule has 10 atom stereocenters. The zero-order valence-corrected chi connectivity index (χ0v) is 25.4. The average Bonchev–Trinajstić information content (AvgIpc) is 2.78. The Morgan fingerprint density at radius 2 is 1.62 bits per heavy atom. The van der Waals surface area contributed by atoms with E-state index >= 15 is 0 Å². The average molecular weight is 535 g/mol. The van der Waals surface area contributed by atoms with Crippen LogP contribution >= 0.6 is 7.82 Å². The van der Waals surface area contributed by atoms with Crippen molar-refractivity contribution < 1.29 is 23.7 Å². The molecule has 6 heteroatoms. The molecule has 4 saturated carbocycles.